The number of rotatable bonds is 7. The summed E-state index contributed by atoms with van der Waals surface area (Å²) in [6, 6.07) is 1.99. The molecule has 1 unspecified atom stereocenters. The lowest BCUT2D eigenvalue weighted by Crippen LogP contribution is -2.06. The Morgan fingerprint density at radius 2 is 2.21 bits per heavy atom. The summed E-state index contributed by atoms with van der Waals surface area (Å²) in [4.78, 5) is 10.2. The van der Waals surface area contributed by atoms with Crippen molar-refractivity contribution in [2.45, 2.75) is 19.8 Å². The van der Waals surface area contributed by atoms with Crippen molar-refractivity contribution in [2.75, 3.05) is 12.5 Å². The van der Waals surface area contributed by atoms with Gasteiger partial charge in [-0.3, -0.25) is 10.1 Å². The minimum Gasteiger partial charge on any atom is -0.486 e. The molecule has 0 fully saturated rings. The van der Waals surface area contributed by atoms with E-state index < -0.39 is 10.7 Å². The van der Waals surface area contributed by atoms with E-state index in [1.807, 2.05) is 6.92 Å². The van der Waals surface area contributed by atoms with Gasteiger partial charge in [-0.2, -0.15) is 0 Å². The summed E-state index contributed by atoms with van der Waals surface area (Å²) in [5, 5.41) is 10.8. The minimum absolute atomic E-state index is 0.0597. The number of nitrogens with zero attached hydrogens (tertiary/aromatic N) is 1. The van der Waals surface area contributed by atoms with Crippen molar-refractivity contribution in [3.05, 3.63) is 32.5 Å². The zero-order valence-electron chi connectivity index (χ0n) is 10.4. The lowest BCUT2D eigenvalue weighted by Gasteiger charge is -2.12. The third-order valence-corrected chi connectivity index (χ3v) is 3.45. The van der Waals surface area contributed by atoms with Crippen LogP contribution in [0.15, 0.2) is 16.6 Å². The number of ether oxygens (including phenoxy) is 1. The number of hydrogen-bond acceptors (Lipinski definition) is 3. The first-order chi connectivity index (χ1) is 8.95. The zero-order chi connectivity index (χ0) is 14.4. The van der Waals surface area contributed by atoms with Crippen LogP contribution in [0.2, 0.25) is 0 Å². The summed E-state index contributed by atoms with van der Waals surface area (Å²) in [7, 11) is 0. The molecule has 0 aliphatic carbocycles. The molecule has 0 aliphatic rings. The summed E-state index contributed by atoms with van der Waals surface area (Å²) in [6.07, 6.45) is 1.59. The van der Waals surface area contributed by atoms with Crippen molar-refractivity contribution in [3.8, 4) is 5.75 Å². The summed E-state index contributed by atoms with van der Waals surface area (Å²) in [5.74, 6) is 0.323. The molecule has 0 N–H and O–H groups in total. The molecular weight excluding hydrogens is 340 g/mol. The van der Waals surface area contributed by atoms with Gasteiger partial charge in [0.15, 0.2) is 0 Å². The van der Waals surface area contributed by atoms with Crippen LogP contribution in [0.5, 0.6) is 5.75 Å². The fourth-order valence-corrected chi connectivity index (χ4v) is 2.43. The van der Waals surface area contributed by atoms with Gasteiger partial charge < -0.3 is 4.74 Å². The Hall–Kier alpha value is -0.880. The van der Waals surface area contributed by atoms with E-state index in [-0.39, 0.29) is 15.9 Å². The molecule has 1 rings (SSSR count). The van der Waals surface area contributed by atoms with Crippen molar-refractivity contribution in [1.29, 1.82) is 0 Å². The molecule has 0 radical (unpaired) electrons. The highest BCUT2D eigenvalue weighted by atomic mass is 79.9. The van der Waals surface area contributed by atoms with E-state index in [0.29, 0.717) is 18.4 Å². The van der Waals surface area contributed by atoms with Crippen LogP contribution in [0.1, 0.15) is 19.8 Å². The van der Waals surface area contributed by atoms with Crippen LogP contribution in [-0.2, 0) is 0 Å². The number of alkyl halides is 1. The van der Waals surface area contributed by atoms with E-state index in [1.54, 1.807) is 0 Å². The Kier molecular flexibility index (Phi) is 6.51. The molecule has 0 saturated carbocycles. The average Bonchev–Trinajstić information content (AvgIpc) is 2.31. The van der Waals surface area contributed by atoms with Gasteiger partial charge in [0, 0.05) is 5.88 Å². The Morgan fingerprint density at radius 3 is 2.79 bits per heavy atom. The summed E-state index contributed by atoms with van der Waals surface area (Å²) in [5.41, 5.74) is -0.378. The lowest BCUT2D eigenvalue weighted by molar-refractivity contribution is -0.386. The third kappa shape index (κ3) is 4.95. The first-order valence-electron chi connectivity index (χ1n) is 5.78. The van der Waals surface area contributed by atoms with Crippen molar-refractivity contribution in [3.63, 3.8) is 0 Å². The first kappa shape index (κ1) is 16.2. The van der Waals surface area contributed by atoms with E-state index in [9.17, 15) is 14.5 Å². The predicted molar refractivity (Wildman–Crippen MR) is 75.4 cm³/mol. The average molecular weight is 355 g/mol. The molecule has 1 aromatic carbocycles. The number of halogens is 3. The summed E-state index contributed by atoms with van der Waals surface area (Å²) < 4.78 is 18.8. The number of benzene rings is 1. The van der Waals surface area contributed by atoms with Gasteiger partial charge in [-0.25, -0.2) is 4.39 Å². The third-order valence-electron chi connectivity index (χ3n) is 2.64. The quantitative estimate of drug-likeness (QED) is 0.410. The van der Waals surface area contributed by atoms with Crippen LogP contribution in [0.4, 0.5) is 10.1 Å². The molecular formula is C12H14BrClFNO3. The van der Waals surface area contributed by atoms with Gasteiger partial charge in [0.05, 0.1) is 22.1 Å². The molecule has 0 saturated heterocycles. The standard InChI is InChI=1S/C12H14BrClFNO3/c1-8(2-4-14)3-5-19-12-10(13)6-9(15)7-11(12)16(17)18/h6-8H,2-5H2,1H3. The summed E-state index contributed by atoms with van der Waals surface area (Å²) >= 11 is 8.70. The maximum absolute atomic E-state index is 13.1. The molecule has 19 heavy (non-hydrogen) atoms. The number of hydrogen-bond donors (Lipinski definition) is 0. The van der Waals surface area contributed by atoms with Gasteiger partial charge in [-0.15, -0.1) is 11.6 Å². The molecule has 0 aliphatic heterocycles. The van der Waals surface area contributed by atoms with Gasteiger partial charge >= 0.3 is 5.69 Å². The Balaban J connectivity index is 2.75. The Morgan fingerprint density at radius 1 is 1.53 bits per heavy atom. The molecule has 0 amide bonds. The van der Waals surface area contributed by atoms with Crippen molar-refractivity contribution in [2.24, 2.45) is 5.92 Å². The van der Waals surface area contributed by atoms with Gasteiger partial charge in [0.25, 0.3) is 0 Å². The zero-order valence-corrected chi connectivity index (χ0v) is 12.7. The van der Waals surface area contributed by atoms with Gasteiger partial charge in [-0.1, -0.05) is 6.92 Å². The second-order valence-electron chi connectivity index (χ2n) is 4.21. The van der Waals surface area contributed by atoms with E-state index >= 15 is 0 Å². The maximum atomic E-state index is 13.1. The van der Waals surface area contributed by atoms with E-state index in [0.717, 1.165) is 25.0 Å². The summed E-state index contributed by atoms with van der Waals surface area (Å²) in [6.45, 7) is 2.35. The number of nitro benzene ring substituents is 1. The second kappa shape index (κ2) is 7.65. The van der Waals surface area contributed by atoms with E-state index in [1.165, 1.54) is 0 Å². The number of nitro groups is 1. The molecule has 1 aromatic rings. The van der Waals surface area contributed by atoms with Gasteiger partial charge in [-0.05, 0) is 40.8 Å². The largest absolute Gasteiger partial charge is 0.486 e. The molecule has 0 spiro atoms. The van der Waals surface area contributed by atoms with Crippen LogP contribution in [0.3, 0.4) is 0 Å². The molecule has 7 heteroatoms. The highest BCUT2D eigenvalue weighted by molar-refractivity contribution is 9.10. The van der Waals surface area contributed by atoms with Gasteiger partial charge in [0.2, 0.25) is 5.75 Å². The lowest BCUT2D eigenvalue weighted by atomic mass is 10.1. The van der Waals surface area contributed by atoms with Crippen LogP contribution < -0.4 is 4.74 Å². The monoisotopic (exact) mass is 353 g/mol. The van der Waals surface area contributed by atoms with Crippen LogP contribution in [0, 0.1) is 21.8 Å². The maximum Gasteiger partial charge on any atom is 0.315 e. The highest BCUT2D eigenvalue weighted by Gasteiger charge is 2.20. The van der Waals surface area contributed by atoms with Crippen LogP contribution >= 0.6 is 27.5 Å². The van der Waals surface area contributed by atoms with Crippen molar-refractivity contribution < 1.29 is 14.1 Å². The van der Waals surface area contributed by atoms with E-state index in [2.05, 4.69) is 15.9 Å². The fourth-order valence-electron chi connectivity index (χ4n) is 1.52. The topological polar surface area (TPSA) is 52.4 Å². The SMILES string of the molecule is CC(CCCl)CCOc1c(Br)cc(F)cc1[N+](=O)[O-]. The Labute approximate surface area is 124 Å². The van der Waals surface area contributed by atoms with Crippen LogP contribution in [-0.4, -0.2) is 17.4 Å². The van der Waals surface area contributed by atoms with Crippen molar-refractivity contribution in [1.82, 2.24) is 0 Å². The molecule has 4 nitrogen and oxygen atoms in total. The predicted octanol–water partition coefficient (Wildman–Crippen LogP) is 4.53. The minimum atomic E-state index is -0.679. The van der Waals surface area contributed by atoms with E-state index in [4.69, 9.17) is 16.3 Å². The normalized spacial score (nSPS) is 12.2. The molecule has 106 valence electrons. The highest BCUT2D eigenvalue weighted by Crippen LogP contribution is 2.36. The molecule has 0 bridgehead atoms. The second-order valence-corrected chi connectivity index (χ2v) is 5.45. The van der Waals surface area contributed by atoms with Crippen LogP contribution in [0.25, 0.3) is 0 Å². The Bertz CT molecular complexity index is 459. The molecule has 0 aromatic heterocycles. The molecule has 1 atom stereocenters. The first-order valence-corrected chi connectivity index (χ1v) is 7.10. The fraction of sp³-hybridized carbons (Fsp3) is 0.500. The molecule has 0 heterocycles. The van der Waals surface area contributed by atoms with Crippen molar-refractivity contribution >= 4 is 33.2 Å². The smallest absolute Gasteiger partial charge is 0.315 e. The van der Waals surface area contributed by atoms with Gasteiger partial charge in [0.1, 0.15) is 5.82 Å².